The first-order valence-corrected chi connectivity index (χ1v) is 9.71. The zero-order chi connectivity index (χ0) is 15.1. The Morgan fingerprint density at radius 1 is 1.00 bits per heavy atom. The van der Waals surface area contributed by atoms with Gasteiger partial charge in [-0.1, -0.05) is 18.6 Å². The van der Waals surface area contributed by atoms with E-state index in [1.807, 2.05) is 9.80 Å². The Balaban J connectivity index is 1.42. The van der Waals surface area contributed by atoms with Crippen LogP contribution >= 0.6 is 11.8 Å². The summed E-state index contributed by atoms with van der Waals surface area (Å²) >= 11 is 1.73. The summed E-state index contributed by atoms with van der Waals surface area (Å²) in [7, 11) is 0. The lowest BCUT2D eigenvalue weighted by molar-refractivity contribution is -0.146. The Hall–Kier alpha value is -0.970. The van der Waals surface area contributed by atoms with Gasteiger partial charge in [0.1, 0.15) is 6.04 Å². The van der Waals surface area contributed by atoms with Crippen molar-refractivity contribution >= 4 is 23.6 Å². The van der Waals surface area contributed by atoms with E-state index in [9.17, 15) is 9.59 Å². The number of amides is 2. The first-order valence-electron chi connectivity index (χ1n) is 8.56. The molecular weight excluding hydrogens is 296 g/mol. The van der Waals surface area contributed by atoms with Crippen LogP contribution in [0.2, 0.25) is 0 Å². The van der Waals surface area contributed by atoms with Crippen LogP contribution in [0.3, 0.4) is 0 Å². The van der Waals surface area contributed by atoms with Gasteiger partial charge < -0.3 is 9.80 Å². The Labute approximate surface area is 136 Å². The molecular formula is C17H24N2O2S. The van der Waals surface area contributed by atoms with Crippen molar-refractivity contribution in [1.29, 1.82) is 0 Å². The molecule has 0 radical (unpaired) electrons. The van der Waals surface area contributed by atoms with E-state index in [2.05, 4.69) is 12.2 Å². The number of likely N-dealkylation sites (tertiary alicyclic amines) is 1. The molecule has 22 heavy (non-hydrogen) atoms. The molecule has 4 rings (SSSR count). The third-order valence-electron chi connectivity index (χ3n) is 5.84. The van der Waals surface area contributed by atoms with E-state index in [-0.39, 0.29) is 23.8 Å². The average Bonchev–Trinajstić information content (AvgIpc) is 3.11. The summed E-state index contributed by atoms with van der Waals surface area (Å²) < 4.78 is 0. The smallest absolute Gasteiger partial charge is 0.246 e. The van der Waals surface area contributed by atoms with Crippen LogP contribution in [0, 0.1) is 17.8 Å². The number of rotatable bonds is 2. The Morgan fingerprint density at radius 3 is 2.27 bits per heavy atom. The Kier molecular flexibility index (Phi) is 3.93. The molecule has 2 aliphatic heterocycles. The fourth-order valence-corrected chi connectivity index (χ4v) is 5.31. The highest BCUT2D eigenvalue weighted by Crippen LogP contribution is 2.36. The van der Waals surface area contributed by atoms with Gasteiger partial charge >= 0.3 is 0 Å². The van der Waals surface area contributed by atoms with Crippen LogP contribution in [0.25, 0.3) is 0 Å². The monoisotopic (exact) mass is 320 g/mol. The second kappa shape index (κ2) is 5.91. The number of carbonyl (C=O) groups excluding carboxylic acids is 2. The van der Waals surface area contributed by atoms with Gasteiger partial charge in [-0.25, -0.2) is 0 Å². The predicted octanol–water partition coefficient (Wildman–Crippen LogP) is 2.11. The second-order valence-corrected chi connectivity index (χ2v) is 8.16. The quantitative estimate of drug-likeness (QED) is 0.732. The second-order valence-electron chi connectivity index (χ2n) is 7.16. The molecule has 2 heterocycles. The topological polar surface area (TPSA) is 40.6 Å². The summed E-state index contributed by atoms with van der Waals surface area (Å²) in [6.45, 7) is 1.78. The molecule has 4 aliphatic rings. The summed E-state index contributed by atoms with van der Waals surface area (Å²) in [6.07, 6.45) is 9.93. The molecule has 0 bridgehead atoms. The van der Waals surface area contributed by atoms with Crippen molar-refractivity contribution in [3.8, 4) is 0 Å². The van der Waals surface area contributed by atoms with Crippen LogP contribution in [0.15, 0.2) is 12.2 Å². The molecule has 4 nitrogen and oxygen atoms in total. The van der Waals surface area contributed by atoms with Gasteiger partial charge in [-0.15, -0.1) is 11.8 Å². The number of hydrogen-bond acceptors (Lipinski definition) is 3. The molecule has 0 aromatic carbocycles. The van der Waals surface area contributed by atoms with Crippen molar-refractivity contribution in [2.75, 3.05) is 24.7 Å². The molecule has 2 amide bonds. The molecule has 2 saturated heterocycles. The molecule has 5 heteroatoms. The molecule has 3 atom stereocenters. The van der Waals surface area contributed by atoms with Crippen LogP contribution in [0.4, 0.5) is 0 Å². The first kappa shape index (κ1) is 14.6. The molecule has 0 N–H and O–H groups in total. The number of hydrogen-bond donors (Lipinski definition) is 0. The van der Waals surface area contributed by atoms with Crippen molar-refractivity contribution in [2.45, 2.75) is 38.1 Å². The van der Waals surface area contributed by atoms with Crippen molar-refractivity contribution in [3.63, 3.8) is 0 Å². The first-order chi connectivity index (χ1) is 10.7. The van der Waals surface area contributed by atoms with E-state index in [1.54, 1.807) is 11.8 Å². The Bertz CT molecular complexity index is 487. The van der Waals surface area contributed by atoms with Crippen molar-refractivity contribution in [3.05, 3.63) is 12.2 Å². The van der Waals surface area contributed by atoms with Crippen molar-refractivity contribution < 1.29 is 9.59 Å². The fraction of sp³-hybridized carbons (Fsp3) is 0.765. The van der Waals surface area contributed by atoms with Crippen LogP contribution in [0.1, 0.15) is 32.1 Å². The van der Waals surface area contributed by atoms with Crippen LogP contribution in [0.5, 0.6) is 0 Å². The summed E-state index contributed by atoms with van der Waals surface area (Å²) in [6, 6.07) is -0.203. The van der Waals surface area contributed by atoms with Gasteiger partial charge in [0.15, 0.2) is 0 Å². The molecule has 3 fully saturated rings. The molecule has 0 unspecified atom stereocenters. The predicted molar refractivity (Wildman–Crippen MR) is 87.2 cm³/mol. The van der Waals surface area contributed by atoms with Gasteiger partial charge in [0.2, 0.25) is 11.8 Å². The largest absolute Gasteiger partial charge is 0.340 e. The Morgan fingerprint density at radius 2 is 1.68 bits per heavy atom. The molecule has 2 aliphatic carbocycles. The third-order valence-corrected chi connectivity index (χ3v) is 6.85. The van der Waals surface area contributed by atoms with Gasteiger partial charge in [-0.05, 0) is 37.5 Å². The molecule has 0 aromatic rings. The standard InChI is InChI=1S/C17H24N2O2S/c20-16(12-6-3-7-12)19-11-22-10-15(19)17(21)18-8-13-4-1-2-5-14(13)9-18/h1-2,12-15H,3-11H2/t13-,14-,15-/m0/s1. The summed E-state index contributed by atoms with van der Waals surface area (Å²) in [5.41, 5.74) is 0. The number of nitrogens with zero attached hydrogens (tertiary/aromatic N) is 2. The van der Waals surface area contributed by atoms with E-state index < -0.39 is 0 Å². The maximum Gasteiger partial charge on any atom is 0.246 e. The van der Waals surface area contributed by atoms with E-state index in [1.165, 1.54) is 6.42 Å². The minimum Gasteiger partial charge on any atom is -0.340 e. The van der Waals surface area contributed by atoms with Crippen molar-refractivity contribution in [2.24, 2.45) is 17.8 Å². The molecule has 0 aromatic heterocycles. The highest BCUT2D eigenvalue weighted by molar-refractivity contribution is 7.99. The lowest BCUT2D eigenvalue weighted by Gasteiger charge is -2.33. The SMILES string of the molecule is O=C([C@@H]1CSCN1C(=O)C1CCC1)N1C[C@@H]2CC=CC[C@H]2C1. The molecule has 120 valence electrons. The number of fused-ring (bicyclic) bond motifs is 1. The minimum atomic E-state index is -0.203. The van der Waals surface area contributed by atoms with Crippen molar-refractivity contribution in [1.82, 2.24) is 9.80 Å². The average molecular weight is 320 g/mol. The lowest BCUT2D eigenvalue weighted by Crippen LogP contribution is -2.50. The van der Waals surface area contributed by atoms with Crippen LogP contribution in [-0.2, 0) is 9.59 Å². The fourth-order valence-electron chi connectivity index (χ4n) is 4.16. The molecule has 0 spiro atoms. The van der Waals surface area contributed by atoms with E-state index >= 15 is 0 Å². The van der Waals surface area contributed by atoms with Crippen LogP contribution in [-0.4, -0.2) is 52.4 Å². The highest BCUT2D eigenvalue weighted by Gasteiger charge is 2.43. The normalized spacial score (nSPS) is 34.6. The minimum absolute atomic E-state index is 0.194. The maximum atomic E-state index is 12.9. The van der Waals surface area contributed by atoms with Gasteiger partial charge in [0.05, 0.1) is 5.88 Å². The number of thioether (sulfide) groups is 1. The summed E-state index contributed by atoms with van der Waals surface area (Å²) in [5.74, 6) is 3.38. The van der Waals surface area contributed by atoms with E-state index in [0.29, 0.717) is 17.7 Å². The van der Waals surface area contributed by atoms with Gasteiger partial charge in [0, 0.05) is 24.8 Å². The third kappa shape index (κ3) is 2.47. The lowest BCUT2D eigenvalue weighted by atomic mass is 9.84. The van der Waals surface area contributed by atoms with Gasteiger partial charge in [0.25, 0.3) is 0 Å². The number of allylic oxidation sites excluding steroid dienone is 2. The maximum absolute atomic E-state index is 12.9. The summed E-state index contributed by atoms with van der Waals surface area (Å²) in [5, 5.41) is 0. The van der Waals surface area contributed by atoms with E-state index in [4.69, 9.17) is 0 Å². The van der Waals surface area contributed by atoms with Crippen LogP contribution < -0.4 is 0 Å². The van der Waals surface area contributed by atoms with E-state index in [0.717, 1.165) is 44.5 Å². The van der Waals surface area contributed by atoms with Gasteiger partial charge in [-0.3, -0.25) is 9.59 Å². The number of carbonyl (C=O) groups is 2. The zero-order valence-corrected chi connectivity index (χ0v) is 13.8. The van der Waals surface area contributed by atoms with Gasteiger partial charge in [-0.2, -0.15) is 0 Å². The highest BCUT2D eigenvalue weighted by atomic mass is 32.2. The summed E-state index contributed by atoms with van der Waals surface area (Å²) in [4.78, 5) is 29.4. The molecule has 1 saturated carbocycles. The zero-order valence-electron chi connectivity index (χ0n) is 12.9.